The summed E-state index contributed by atoms with van der Waals surface area (Å²) < 4.78 is 5.41. The molecule has 1 aromatic carbocycles. The number of hydrogen-bond acceptors (Lipinski definition) is 4. The van der Waals surface area contributed by atoms with Gasteiger partial charge in [-0.3, -0.25) is 4.79 Å². The molecule has 18 heavy (non-hydrogen) atoms. The van der Waals surface area contributed by atoms with Crippen LogP contribution >= 0.6 is 0 Å². The molecule has 5 heteroatoms. The lowest BCUT2D eigenvalue weighted by Crippen LogP contribution is -2.36. The Hall–Kier alpha value is -1.59. The number of hydrogen-bond donors (Lipinski definition) is 2. The van der Waals surface area contributed by atoms with Crippen molar-refractivity contribution < 1.29 is 9.53 Å². The Morgan fingerprint density at radius 3 is 2.89 bits per heavy atom. The van der Waals surface area contributed by atoms with Crippen molar-refractivity contribution in [3.8, 4) is 5.75 Å². The van der Waals surface area contributed by atoms with E-state index in [4.69, 9.17) is 4.74 Å². The second-order valence-electron chi connectivity index (χ2n) is 4.37. The maximum absolute atomic E-state index is 11.6. The maximum atomic E-state index is 11.6. The average Bonchev–Trinajstić information content (AvgIpc) is 2.40. The number of ether oxygens (including phenoxy) is 1. The Labute approximate surface area is 107 Å². The van der Waals surface area contributed by atoms with Gasteiger partial charge in [0.25, 0.3) is 5.91 Å². The van der Waals surface area contributed by atoms with E-state index in [0.29, 0.717) is 0 Å². The molecule has 1 heterocycles. The molecule has 0 bridgehead atoms. The molecule has 0 fully saturated rings. The molecule has 0 aromatic heterocycles. The van der Waals surface area contributed by atoms with Crippen molar-refractivity contribution in [1.29, 1.82) is 0 Å². The first-order chi connectivity index (χ1) is 8.67. The largest absolute Gasteiger partial charge is 0.482 e. The molecule has 0 radical (unpaired) electrons. The van der Waals surface area contributed by atoms with Crippen molar-refractivity contribution in [3.63, 3.8) is 0 Å². The molecule has 1 aliphatic rings. The normalized spacial score (nSPS) is 16.2. The van der Waals surface area contributed by atoms with E-state index in [9.17, 15) is 4.79 Å². The van der Waals surface area contributed by atoms with E-state index in [1.165, 1.54) is 0 Å². The van der Waals surface area contributed by atoms with Gasteiger partial charge in [-0.05, 0) is 31.8 Å². The maximum Gasteiger partial charge on any atom is 0.264 e. The number of carbonyl (C=O) groups excluding carboxylic acids is 1. The smallest absolute Gasteiger partial charge is 0.264 e. The number of fused-ring (bicyclic) bond motifs is 1. The zero-order valence-corrected chi connectivity index (χ0v) is 11.0. The topological polar surface area (TPSA) is 53.6 Å². The minimum atomic E-state index is -0.0192. The van der Waals surface area contributed by atoms with Crippen LogP contribution in [-0.4, -0.2) is 40.2 Å². The van der Waals surface area contributed by atoms with E-state index in [1.54, 1.807) is 11.9 Å². The summed E-state index contributed by atoms with van der Waals surface area (Å²) in [6.07, 6.45) is 0. The van der Waals surface area contributed by atoms with Crippen LogP contribution in [0, 0.1) is 0 Å². The van der Waals surface area contributed by atoms with Gasteiger partial charge >= 0.3 is 0 Å². The Morgan fingerprint density at radius 1 is 1.44 bits per heavy atom. The SMILES string of the molecule is CNCC(NC)c1ccc2c(c1)N(C)C(=O)CO2. The van der Waals surface area contributed by atoms with Crippen molar-refractivity contribution in [3.05, 3.63) is 23.8 Å². The molecule has 0 aliphatic carbocycles. The van der Waals surface area contributed by atoms with Crippen LogP contribution in [-0.2, 0) is 4.79 Å². The van der Waals surface area contributed by atoms with Gasteiger partial charge in [-0.15, -0.1) is 0 Å². The van der Waals surface area contributed by atoms with E-state index < -0.39 is 0 Å². The van der Waals surface area contributed by atoms with Crippen LogP contribution in [0.15, 0.2) is 18.2 Å². The highest BCUT2D eigenvalue weighted by molar-refractivity contribution is 5.97. The van der Waals surface area contributed by atoms with Crippen LogP contribution in [0.4, 0.5) is 5.69 Å². The summed E-state index contributed by atoms with van der Waals surface area (Å²) >= 11 is 0. The van der Waals surface area contributed by atoms with Gasteiger partial charge < -0.3 is 20.3 Å². The van der Waals surface area contributed by atoms with Gasteiger partial charge in [-0.1, -0.05) is 6.07 Å². The molecule has 98 valence electrons. The van der Waals surface area contributed by atoms with Crippen LogP contribution in [0.5, 0.6) is 5.75 Å². The third-order valence-electron chi connectivity index (χ3n) is 3.23. The molecule has 1 atom stereocenters. The van der Waals surface area contributed by atoms with Gasteiger partial charge in [0.2, 0.25) is 0 Å². The summed E-state index contributed by atoms with van der Waals surface area (Å²) in [5.74, 6) is 0.745. The number of rotatable bonds is 4. The molecule has 1 unspecified atom stereocenters. The molecular formula is C13H19N3O2. The quantitative estimate of drug-likeness (QED) is 0.817. The minimum absolute atomic E-state index is 0.0192. The van der Waals surface area contributed by atoms with E-state index in [0.717, 1.165) is 23.5 Å². The Kier molecular flexibility index (Phi) is 3.84. The number of benzene rings is 1. The highest BCUT2D eigenvalue weighted by Crippen LogP contribution is 2.33. The minimum Gasteiger partial charge on any atom is -0.482 e. The van der Waals surface area contributed by atoms with E-state index in [-0.39, 0.29) is 18.6 Å². The van der Waals surface area contributed by atoms with Crippen molar-refractivity contribution in [2.45, 2.75) is 6.04 Å². The summed E-state index contributed by atoms with van der Waals surface area (Å²) in [4.78, 5) is 13.3. The summed E-state index contributed by atoms with van der Waals surface area (Å²) in [7, 11) is 5.62. The predicted molar refractivity (Wildman–Crippen MR) is 71.1 cm³/mol. The second-order valence-corrected chi connectivity index (χ2v) is 4.37. The first-order valence-corrected chi connectivity index (χ1v) is 6.02. The second kappa shape index (κ2) is 5.37. The zero-order valence-electron chi connectivity index (χ0n) is 11.0. The van der Waals surface area contributed by atoms with Crippen LogP contribution in [0.1, 0.15) is 11.6 Å². The van der Waals surface area contributed by atoms with E-state index in [1.807, 2.05) is 32.3 Å². The summed E-state index contributed by atoms with van der Waals surface area (Å²) in [6, 6.07) is 6.17. The molecule has 0 spiro atoms. The third-order valence-corrected chi connectivity index (χ3v) is 3.23. The molecule has 1 aliphatic heterocycles. The number of carbonyl (C=O) groups is 1. The molecule has 0 saturated heterocycles. The fraction of sp³-hybridized carbons (Fsp3) is 0.462. The number of likely N-dealkylation sites (N-methyl/N-ethyl adjacent to an activating group) is 3. The van der Waals surface area contributed by atoms with Gasteiger partial charge in [0.1, 0.15) is 5.75 Å². The van der Waals surface area contributed by atoms with Gasteiger partial charge in [0, 0.05) is 19.6 Å². The summed E-state index contributed by atoms with van der Waals surface area (Å²) in [5.41, 5.74) is 1.97. The fourth-order valence-corrected chi connectivity index (χ4v) is 2.10. The molecular weight excluding hydrogens is 230 g/mol. The highest BCUT2D eigenvalue weighted by Gasteiger charge is 2.23. The third kappa shape index (κ3) is 2.32. The summed E-state index contributed by atoms with van der Waals surface area (Å²) in [6.45, 7) is 0.947. The monoisotopic (exact) mass is 249 g/mol. The number of nitrogens with zero attached hydrogens (tertiary/aromatic N) is 1. The Bertz CT molecular complexity index is 448. The lowest BCUT2D eigenvalue weighted by molar-refractivity contribution is -0.120. The van der Waals surface area contributed by atoms with Crippen LogP contribution in [0.2, 0.25) is 0 Å². The average molecular weight is 249 g/mol. The fourth-order valence-electron chi connectivity index (χ4n) is 2.10. The first kappa shape index (κ1) is 12.9. The van der Waals surface area contributed by atoms with Crippen LogP contribution in [0.3, 0.4) is 0 Å². The van der Waals surface area contributed by atoms with E-state index >= 15 is 0 Å². The zero-order chi connectivity index (χ0) is 13.1. The molecule has 1 amide bonds. The highest BCUT2D eigenvalue weighted by atomic mass is 16.5. The lowest BCUT2D eigenvalue weighted by Gasteiger charge is -2.27. The molecule has 2 rings (SSSR count). The van der Waals surface area contributed by atoms with Crippen molar-refractivity contribution >= 4 is 11.6 Å². The van der Waals surface area contributed by atoms with Gasteiger partial charge in [0.15, 0.2) is 6.61 Å². The van der Waals surface area contributed by atoms with Crippen molar-refractivity contribution in [2.24, 2.45) is 0 Å². The number of amides is 1. The van der Waals surface area contributed by atoms with E-state index in [2.05, 4.69) is 10.6 Å². The Morgan fingerprint density at radius 2 is 2.22 bits per heavy atom. The van der Waals surface area contributed by atoms with Crippen molar-refractivity contribution in [2.75, 3.05) is 39.2 Å². The summed E-state index contributed by atoms with van der Waals surface area (Å²) in [5, 5.41) is 6.39. The molecule has 5 nitrogen and oxygen atoms in total. The van der Waals surface area contributed by atoms with Crippen LogP contribution < -0.4 is 20.3 Å². The molecule has 0 saturated carbocycles. The Balaban J connectivity index is 2.33. The van der Waals surface area contributed by atoms with Crippen LogP contribution in [0.25, 0.3) is 0 Å². The number of nitrogens with one attached hydrogen (secondary N) is 2. The van der Waals surface area contributed by atoms with Crippen molar-refractivity contribution in [1.82, 2.24) is 10.6 Å². The van der Waals surface area contributed by atoms with Gasteiger partial charge in [0.05, 0.1) is 5.69 Å². The molecule has 2 N–H and O–H groups in total. The lowest BCUT2D eigenvalue weighted by atomic mass is 10.0. The predicted octanol–water partition coefficient (Wildman–Crippen LogP) is 0.522. The van der Waals surface area contributed by atoms with Gasteiger partial charge in [-0.2, -0.15) is 0 Å². The first-order valence-electron chi connectivity index (χ1n) is 6.02. The standard InChI is InChI=1S/C13H19N3O2/c1-14-7-10(15-2)9-4-5-12-11(6-9)16(3)13(17)8-18-12/h4-6,10,14-15H,7-8H2,1-3H3. The van der Waals surface area contributed by atoms with Gasteiger partial charge in [-0.25, -0.2) is 0 Å². The number of anilines is 1. The molecule has 1 aromatic rings.